The maximum Gasteiger partial charge on any atom is 0.265 e. The molecule has 0 radical (unpaired) electrons. The molecule has 1 N–H and O–H groups in total. The van der Waals surface area contributed by atoms with Crippen LogP contribution in [0.25, 0.3) is 0 Å². The predicted molar refractivity (Wildman–Crippen MR) is 138 cm³/mol. The zero-order valence-electron chi connectivity index (χ0n) is 21.4. The van der Waals surface area contributed by atoms with Crippen molar-refractivity contribution in [3.63, 3.8) is 0 Å². The maximum atomic E-state index is 10.9. The molecule has 0 aliphatic rings. The van der Waals surface area contributed by atoms with Crippen LogP contribution in [0.15, 0.2) is 48.8 Å². The fourth-order valence-corrected chi connectivity index (χ4v) is 4.18. The highest BCUT2D eigenvalue weighted by Gasteiger charge is 2.16. The van der Waals surface area contributed by atoms with Crippen molar-refractivity contribution >= 4 is 16.1 Å². The third-order valence-electron chi connectivity index (χ3n) is 5.70. The number of pyridine rings is 1. The van der Waals surface area contributed by atoms with Gasteiger partial charge in [-0.25, -0.2) is 0 Å². The second-order valence-electron chi connectivity index (χ2n) is 9.44. The molecule has 11 nitrogen and oxygen atoms in total. The number of quaternary nitrogens is 1. The summed E-state index contributed by atoms with van der Waals surface area (Å²) < 4.78 is 38.9. The molecule has 2 heterocycles. The number of carboxylic acid groups (broad SMARTS) is 1. The van der Waals surface area contributed by atoms with Gasteiger partial charge in [0.2, 0.25) is 0 Å². The quantitative estimate of drug-likeness (QED) is 0.188. The number of aromatic carboxylic acids is 1. The van der Waals surface area contributed by atoms with E-state index in [1.54, 1.807) is 10.7 Å². The molecule has 12 heteroatoms. The average molecular weight is 542 g/mol. The highest BCUT2D eigenvalue weighted by Crippen LogP contribution is 2.12. The number of carbonyl (C=O) groups is 1. The van der Waals surface area contributed by atoms with Crippen LogP contribution in [0.5, 0.6) is 5.75 Å². The van der Waals surface area contributed by atoms with Crippen LogP contribution >= 0.6 is 0 Å². The lowest BCUT2D eigenvalue weighted by Gasteiger charge is -2.29. The minimum Gasteiger partial charge on any atom is -0.543 e. The molecular formula is C26H31N5O6S. The number of carboxylic acids is 1. The van der Waals surface area contributed by atoms with Gasteiger partial charge < -0.3 is 19.1 Å². The highest BCUT2D eigenvalue weighted by atomic mass is 32.2. The molecule has 0 aliphatic carbocycles. The van der Waals surface area contributed by atoms with E-state index in [4.69, 9.17) is 9.29 Å². The van der Waals surface area contributed by atoms with Gasteiger partial charge in [-0.05, 0) is 36.4 Å². The third-order valence-corrected chi connectivity index (χ3v) is 6.51. The van der Waals surface area contributed by atoms with Crippen molar-refractivity contribution in [2.75, 3.05) is 39.5 Å². The van der Waals surface area contributed by atoms with Crippen LogP contribution in [0.1, 0.15) is 40.2 Å². The van der Waals surface area contributed by atoms with E-state index >= 15 is 0 Å². The standard InChI is InChI=1S/C26H31N5O6S/c1-31(2,16-4-18-38(34,35)36)15-3-14-30-20-23(28-29-30)12-17-37-24-9-7-21(8-10-24)5-6-22-11-13-27-25(19-22)26(32)33/h7-11,13,19-20H,3-4,12,14-18H2,1-2H3,(H-,32,33,34,35,36). The first-order valence-electron chi connectivity index (χ1n) is 12.1. The molecule has 0 fully saturated rings. The van der Waals surface area contributed by atoms with Crippen LogP contribution in [0.4, 0.5) is 0 Å². The average Bonchev–Trinajstić information content (AvgIpc) is 3.30. The summed E-state index contributed by atoms with van der Waals surface area (Å²) >= 11 is 0. The molecule has 0 saturated heterocycles. The number of aromatic nitrogens is 4. The number of ether oxygens (including phenoxy) is 1. The second kappa shape index (κ2) is 13.1. The van der Waals surface area contributed by atoms with Crippen molar-refractivity contribution in [1.82, 2.24) is 20.0 Å². The molecule has 38 heavy (non-hydrogen) atoms. The smallest absolute Gasteiger partial charge is 0.265 e. The van der Waals surface area contributed by atoms with Crippen LogP contribution in [-0.2, 0) is 23.1 Å². The van der Waals surface area contributed by atoms with Crippen molar-refractivity contribution in [2.24, 2.45) is 0 Å². The first kappa shape index (κ1) is 28.8. The minimum atomic E-state index is -3.92. The monoisotopic (exact) mass is 541 g/mol. The molecule has 3 rings (SSSR count). The lowest BCUT2D eigenvalue weighted by molar-refractivity contribution is -0.890. The van der Waals surface area contributed by atoms with Crippen molar-refractivity contribution < 1.29 is 32.1 Å². The Morgan fingerprint density at radius 3 is 2.53 bits per heavy atom. The SMILES string of the molecule is C[N+](C)(CCCn1cc(CCOc2ccc(C#Cc3ccnc(C(=O)[O-])c3)cc2)nn1)CCCS(=O)(=O)O. The van der Waals surface area contributed by atoms with Gasteiger partial charge in [0.1, 0.15) is 5.75 Å². The van der Waals surface area contributed by atoms with E-state index < -0.39 is 16.1 Å². The van der Waals surface area contributed by atoms with E-state index in [1.165, 1.54) is 12.3 Å². The number of benzene rings is 1. The molecule has 0 aliphatic heterocycles. The van der Waals surface area contributed by atoms with Gasteiger partial charge in [0.05, 0.1) is 56.9 Å². The van der Waals surface area contributed by atoms with Crippen LogP contribution in [0, 0.1) is 11.8 Å². The number of nitrogens with zero attached hydrogens (tertiary/aromatic N) is 5. The molecule has 0 amide bonds. The molecule has 0 bridgehead atoms. The van der Waals surface area contributed by atoms with E-state index in [2.05, 4.69) is 27.1 Å². The predicted octanol–water partition coefficient (Wildman–Crippen LogP) is 0.802. The first-order valence-corrected chi connectivity index (χ1v) is 13.7. The Bertz CT molecular complexity index is 1390. The second-order valence-corrected chi connectivity index (χ2v) is 11.0. The number of aryl methyl sites for hydroxylation is 1. The highest BCUT2D eigenvalue weighted by molar-refractivity contribution is 7.85. The molecule has 0 atom stereocenters. The minimum absolute atomic E-state index is 0.157. The summed E-state index contributed by atoms with van der Waals surface area (Å²) in [6.45, 7) is 2.63. The first-order chi connectivity index (χ1) is 18.0. The maximum absolute atomic E-state index is 10.9. The van der Waals surface area contributed by atoms with Crippen molar-refractivity contribution in [2.45, 2.75) is 25.8 Å². The number of carbonyl (C=O) groups excluding carboxylic acids is 1. The molecule has 0 spiro atoms. The van der Waals surface area contributed by atoms with Crippen LogP contribution in [0.3, 0.4) is 0 Å². The van der Waals surface area contributed by atoms with Crippen molar-refractivity contribution in [3.8, 4) is 17.6 Å². The zero-order valence-corrected chi connectivity index (χ0v) is 22.2. The molecule has 1 aromatic carbocycles. The third kappa shape index (κ3) is 10.3. The normalized spacial score (nSPS) is 11.6. The summed E-state index contributed by atoms with van der Waals surface area (Å²) in [5.74, 6) is 5.02. The van der Waals surface area contributed by atoms with Gasteiger partial charge in [-0.15, -0.1) is 5.10 Å². The van der Waals surface area contributed by atoms with E-state index in [1.807, 2.05) is 44.6 Å². The Balaban J connectivity index is 1.39. The van der Waals surface area contributed by atoms with Gasteiger partial charge in [0, 0.05) is 49.3 Å². The van der Waals surface area contributed by atoms with Crippen LogP contribution in [0.2, 0.25) is 0 Å². The van der Waals surface area contributed by atoms with Crippen LogP contribution in [-0.4, -0.2) is 82.9 Å². The topological polar surface area (TPSA) is 147 Å². The Morgan fingerprint density at radius 1 is 1.11 bits per heavy atom. The lowest BCUT2D eigenvalue weighted by atomic mass is 10.2. The molecule has 3 aromatic rings. The molecule has 202 valence electrons. The van der Waals surface area contributed by atoms with E-state index in [0.717, 1.165) is 24.2 Å². The molecule has 0 saturated carbocycles. The zero-order chi connectivity index (χ0) is 27.6. The Hall–Kier alpha value is -3.79. The van der Waals surface area contributed by atoms with Gasteiger partial charge in [0.15, 0.2) is 0 Å². The van der Waals surface area contributed by atoms with Gasteiger partial charge in [-0.2, -0.15) is 8.42 Å². The Labute approximate surface area is 222 Å². The van der Waals surface area contributed by atoms with Gasteiger partial charge in [-0.3, -0.25) is 14.2 Å². The largest absolute Gasteiger partial charge is 0.543 e. The van der Waals surface area contributed by atoms with Crippen molar-refractivity contribution in [3.05, 3.63) is 71.3 Å². The summed E-state index contributed by atoms with van der Waals surface area (Å²) in [4.78, 5) is 14.6. The summed E-state index contributed by atoms with van der Waals surface area (Å²) in [7, 11) is 0.145. The molecule has 2 aromatic heterocycles. The summed E-state index contributed by atoms with van der Waals surface area (Å²) in [6.07, 6.45) is 5.14. The Kier molecular flexibility index (Phi) is 9.95. The van der Waals surface area contributed by atoms with Gasteiger partial charge in [0.25, 0.3) is 10.1 Å². The number of hydrogen-bond donors (Lipinski definition) is 1. The molecular weight excluding hydrogens is 510 g/mol. The van der Waals surface area contributed by atoms with Crippen LogP contribution < -0.4 is 9.84 Å². The summed E-state index contributed by atoms with van der Waals surface area (Å²) in [5.41, 5.74) is 1.95. The van der Waals surface area contributed by atoms with Gasteiger partial charge in [-0.1, -0.05) is 17.1 Å². The molecule has 0 unspecified atom stereocenters. The lowest BCUT2D eigenvalue weighted by Crippen LogP contribution is -2.42. The fraction of sp³-hybridized carbons (Fsp3) is 0.385. The van der Waals surface area contributed by atoms with Gasteiger partial charge >= 0.3 is 0 Å². The van der Waals surface area contributed by atoms with E-state index in [9.17, 15) is 18.3 Å². The summed E-state index contributed by atoms with van der Waals surface area (Å²) in [5, 5.41) is 19.3. The number of rotatable bonds is 13. The number of hydrogen-bond acceptors (Lipinski definition) is 8. The fourth-order valence-electron chi connectivity index (χ4n) is 3.68. The van der Waals surface area contributed by atoms with E-state index in [-0.39, 0.29) is 11.4 Å². The van der Waals surface area contributed by atoms with Crippen molar-refractivity contribution in [1.29, 1.82) is 0 Å². The van der Waals surface area contributed by atoms with E-state index in [0.29, 0.717) is 48.3 Å². The Morgan fingerprint density at radius 2 is 1.82 bits per heavy atom. The summed E-state index contributed by atoms with van der Waals surface area (Å²) in [6, 6.07) is 10.3.